The maximum atomic E-state index is 13.4. The molecule has 2 rings (SSSR count). The minimum absolute atomic E-state index is 0.0387. The monoisotopic (exact) mass is 268 g/mol. The second kappa shape index (κ2) is 5.40. The molecule has 1 aromatic carbocycles. The largest absolute Gasteiger partial charge is 0.294 e. The highest BCUT2D eigenvalue weighted by Crippen LogP contribution is 2.35. The predicted molar refractivity (Wildman–Crippen MR) is 71.4 cm³/mol. The molecule has 0 radical (unpaired) electrons. The summed E-state index contributed by atoms with van der Waals surface area (Å²) in [5, 5.41) is 0.0668. The molecule has 1 saturated carbocycles. The van der Waals surface area contributed by atoms with Crippen molar-refractivity contribution in [2.45, 2.75) is 33.1 Å². The summed E-state index contributed by atoms with van der Waals surface area (Å²) in [6.07, 6.45) is 2.90. The molecule has 0 heterocycles. The number of hydrogen-bond acceptors (Lipinski definition) is 1. The van der Waals surface area contributed by atoms with Crippen LogP contribution in [-0.4, -0.2) is 5.78 Å². The van der Waals surface area contributed by atoms with Crippen LogP contribution in [-0.2, 0) is 0 Å². The molecule has 3 unspecified atom stereocenters. The Bertz CT molecular complexity index is 458. The van der Waals surface area contributed by atoms with E-state index in [4.69, 9.17) is 11.6 Å². The number of hydrogen-bond donors (Lipinski definition) is 0. The first-order chi connectivity index (χ1) is 8.49. The van der Waals surface area contributed by atoms with Crippen LogP contribution >= 0.6 is 11.6 Å². The lowest BCUT2D eigenvalue weighted by molar-refractivity contribution is 0.0837. The molecule has 1 aromatic rings. The second-order valence-electron chi connectivity index (χ2n) is 5.46. The van der Waals surface area contributed by atoms with Crippen LogP contribution in [0.1, 0.15) is 43.5 Å². The minimum Gasteiger partial charge on any atom is -0.294 e. The molecule has 0 N–H and O–H groups in total. The van der Waals surface area contributed by atoms with Gasteiger partial charge in [-0.15, -0.1) is 0 Å². The molecule has 0 saturated heterocycles. The summed E-state index contributed by atoms with van der Waals surface area (Å²) in [4.78, 5) is 12.3. The zero-order valence-electron chi connectivity index (χ0n) is 10.7. The Morgan fingerprint density at radius 3 is 2.61 bits per heavy atom. The Balaban J connectivity index is 2.14. The van der Waals surface area contributed by atoms with Crippen molar-refractivity contribution in [3.8, 4) is 0 Å². The van der Waals surface area contributed by atoms with E-state index in [-0.39, 0.29) is 16.7 Å². The van der Waals surface area contributed by atoms with Gasteiger partial charge in [0.2, 0.25) is 0 Å². The summed E-state index contributed by atoms with van der Waals surface area (Å²) in [7, 11) is 0. The first-order valence-electron chi connectivity index (χ1n) is 6.48. The van der Waals surface area contributed by atoms with Crippen LogP contribution in [0, 0.1) is 23.6 Å². The lowest BCUT2D eigenvalue weighted by Crippen LogP contribution is -2.26. The number of carbonyl (C=O) groups is 1. The predicted octanol–water partition coefficient (Wildman–Crippen LogP) is 4.73. The normalized spacial score (nSPS) is 28.1. The number of Topliss-reactive ketones (excluding diaryl/α,β-unsaturated/α-hetero) is 1. The van der Waals surface area contributed by atoms with Crippen LogP contribution in [0.2, 0.25) is 5.02 Å². The van der Waals surface area contributed by atoms with Crippen molar-refractivity contribution in [1.29, 1.82) is 0 Å². The van der Waals surface area contributed by atoms with Crippen molar-refractivity contribution in [3.63, 3.8) is 0 Å². The number of benzene rings is 1. The highest BCUT2D eigenvalue weighted by atomic mass is 35.5. The van der Waals surface area contributed by atoms with E-state index in [0.29, 0.717) is 17.4 Å². The molecular weight excluding hydrogens is 251 g/mol. The van der Waals surface area contributed by atoms with Crippen molar-refractivity contribution in [2.75, 3.05) is 0 Å². The van der Waals surface area contributed by atoms with E-state index in [1.807, 2.05) is 0 Å². The standard InChI is InChI=1S/C15H18ClFO/c1-9-3-4-11(7-10(9)2)15(18)12-5-6-13(16)14(17)8-12/h5-6,8-11H,3-4,7H2,1-2H3. The van der Waals surface area contributed by atoms with Crippen molar-refractivity contribution < 1.29 is 9.18 Å². The zero-order chi connectivity index (χ0) is 13.3. The summed E-state index contributed by atoms with van der Waals surface area (Å²) in [5.74, 6) is 0.821. The number of rotatable bonds is 2. The summed E-state index contributed by atoms with van der Waals surface area (Å²) < 4.78 is 13.4. The summed E-state index contributed by atoms with van der Waals surface area (Å²) in [6, 6.07) is 4.34. The Morgan fingerprint density at radius 1 is 1.28 bits per heavy atom. The van der Waals surface area contributed by atoms with Crippen LogP contribution in [0.5, 0.6) is 0 Å². The molecule has 0 spiro atoms. The third-order valence-electron chi connectivity index (χ3n) is 4.17. The van der Waals surface area contributed by atoms with Crippen LogP contribution in [0.4, 0.5) is 4.39 Å². The molecule has 0 aliphatic heterocycles. The SMILES string of the molecule is CC1CCC(C(=O)c2ccc(Cl)c(F)c2)CC1C. The van der Waals surface area contributed by atoms with E-state index in [1.165, 1.54) is 12.1 Å². The lowest BCUT2D eigenvalue weighted by Gasteiger charge is -2.31. The van der Waals surface area contributed by atoms with Gasteiger partial charge in [0.1, 0.15) is 5.82 Å². The Hall–Kier alpha value is -0.890. The molecule has 0 aromatic heterocycles. The van der Waals surface area contributed by atoms with E-state index < -0.39 is 5.82 Å². The first-order valence-corrected chi connectivity index (χ1v) is 6.86. The Kier molecular flexibility index (Phi) is 4.06. The molecule has 0 amide bonds. The molecule has 1 aliphatic carbocycles. The molecule has 98 valence electrons. The van der Waals surface area contributed by atoms with Crippen molar-refractivity contribution in [3.05, 3.63) is 34.6 Å². The van der Waals surface area contributed by atoms with Crippen LogP contribution in [0.3, 0.4) is 0 Å². The van der Waals surface area contributed by atoms with Gasteiger partial charge in [0.25, 0.3) is 0 Å². The highest BCUT2D eigenvalue weighted by Gasteiger charge is 2.29. The van der Waals surface area contributed by atoms with Gasteiger partial charge in [0.05, 0.1) is 5.02 Å². The van der Waals surface area contributed by atoms with Crippen LogP contribution < -0.4 is 0 Å². The fourth-order valence-electron chi connectivity index (χ4n) is 2.67. The fourth-order valence-corrected chi connectivity index (χ4v) is 2.79. The van der Waals surface area contributed by atoms with Crippen molar-refractivity contribution in [1.82, 2.24) is 0 Å². The molecule has 3 heteroatoms. The summed E-state index contributed by atoms with van der Waals surface area (Å²) in [6.45, 7) is 4.42. The number of carbonyl (C=O) groups excluding carboxylic acids is 1. The molecule has 1 fully saturated rings. The van der Waals surface area contributed by atoms with Crippen LogP contribution in [0.15, 0.2) is 18.2 Å². The van der Waals surface area contributed by atoms with Gasteiger partial charge >= 0.3 is 0 Å². The quantitative estimate of drug-likeness (QED) is 0.709. The maximum Gasteiger partial charge on any atom is 0.166 e. The van der Waals surface area contributed by atoms with Gasteiger partial charge < -0.3 is 0 Å². The van der Waals surface area contributed by atoms with Crippen molar-refractivity contribution >= 4 is 17.4 Å². The van der Waals surface area contributed by atoms with Gasteiger partial charge in [0, 0.05) is 11.5 Å². The molecule has 1 aliphatic rings. The van der Waals surface area contributed by atoms with Gasteiger partial charge in [-0.2, -0.15) is 0 Å². The Labute approximate surface area is 112 Å². The molecule has 0 bridgehead atoms. The van der Waals surface area contributed by atoms with E-state index in [1.54, 1.807) is 6.07 Å². The van der Waals surface area contributed by atoms with Gasteiger partial charge in [-0.1, -0.05) is 25.4 Å². The number of halogens is 2. The summed E-state index contributed by atoms with van der Waals surface area (Å²) in [5.41, 5.74) is 0.448. The van der Waals surface area contributed by atoms with Crippen molar-refractivity contribution in [2.24, 2.45) is 17.8 Å². The van der Waals surface area contributed by atoms with E-state index in [0.717, 1.165) is 19.3 Å². The molecule has 3 atom stereocenters. The minimum atomic E-state index is -0.514. The number of ketones is 1. The molecular formula is C15H18ClFO. The first kappa shape index (κ1) is 13.5. The van der Waals surface area contributed by atoms with Gasteiger partial charge in [-0.3, -0.25) is 4.79 Å². The van der Waals surface area contributed by atoms with E-state index in [9.17, 15) is 9.18 Å². The average molecular weight is 269 g/mol. The topological polar surface area (TPSA) is 17.1 Å². The van der Waals surface area contributed by atoms with Gasteiger partial charge in [-0.25, -0.2) is 4.39 Å². The van der Waals surface area contributed by atoms with Gasteiger partial charge in [0.15, 0.2) is 5.78 Å². The average Bonchev–Trinajstić information content (AvgIpc) is 2.35. The Morgan fingerprint density at radius 2 is 2.00 bits per heavy atom. The highest BCUT2D eigenvalue weighted by molar-refractivity contribution is 6.30. The molecule has 1 nitrogen and oxygen atoms in total. The molecule has 18 heavy (non-hydrogen) atoms. The fraction of sp³-hybridized carbons (Fsp3) is 0.533. The second-order valence-corrected chi connectivity index (χ2v) is 5.86. The van der Waals surface area contributed by atoms with E-state index in [2.05, 4.69) is 13.8 Å². The maximum absolute atomic E-state index is 13.4. The zero-order valence-corrected chi connectivity index (χ0v) is 11.5. The third-order valence-corrected chi connectivity index (χ3v) is 4.48. The van der Waals surface area contributed by atoms with Gasteiger partial charge in [-0.05, 0) is 49.3 Å². The smallest absolute Gasteiger partial charge is 0.166 e. The third kappa shape index (κ3) is 2.74. The summed E-state index contributed by atoms with van der Waals surface area (Å²) >= 11 is 5.63. The lowest BCUT2D eigenvalue weighted by atomic mass is 9.73. The van der Waals surface area contributed by atoms with E-state index >= 15 is 0 Å². The van der Waals surface area contributed by atoms with Crippen LogP contribution in [0.25, 0.3) is 0 Å².